The zero-order valence-electron chi connectivity index (χ0n) is 11.1. The van der Waals surface area contributed by atoms with Crippen LogP contribution >= 0.6 is 0 Å². The van der Waals surface area contributed by atoms with E-state index in [2.05, 4.69) is 15.4 Å². The van der Waals surface area contributed by atoms with Gasteiger partial charge in [-0.1, -0.05) is 0 Å². The number of rotatable bonds is 1. The third kappa shape index (κ3) is 2.14. The molecule has 0 unspecified atom stereocenters. The zero-order chi connectivity index (χ0) is 14.3. The van der Waals surface area contributed by atoms with Gasteiger partial charge < -0.3 is 15.1 Å². The summed E-state index contributed by atoms with van der Waals surface area (Å²) in [5, 5.41) is 30.2. The first-order valence-corrected chi connectivity index (χ1v) is 6.47. The first kappa shape index (κ1) is 13.0. The van der Waals surface area contributed by atoms with Crippen LogP contribution in [0.5, 0.6) is 0 Å². The summed E-state index contributed by atoms with van der Waals surface area (Å²) in [6, 6.07) is 5.08. The number of benzene rings is 1. The number of β-amino-alcohol motifs (C(OH)–C–C–N with tert-alkyl or cyclic N) is 1. The maximum atomic E-state index is 12.4. The van der Waals surface area contributed by atoms with Crippen molar-refractivity contribution in [3.63, 3.8) is 0 Å². The largest absolute Gasteiger partial charge is 0.388 e. The fourth-order valence-corrected chi connectivity index (χ4v) is 2.36. The molecule has 0 saturated carbocycles. The van der Waals surface area contributed by atoms with E-state index in [1.165, 1.54) is 0 Å². The molecule has 1 aliphatic rings. The molecule has 7 heteroatoms. The van der Waals surface area contributed by atoms with Gasteiger partial charge in [-0.05, 0) is 31.5 Å². The molecule has 2 aromatic rings. The van der Waals surface area contributed by atoms with E-state index in [4.69, 9.17) is 0 Å². The number of aromatic nitrogens is 3. The van der Waals surface area contributed by atoms with Gasteiger partial charge in [-0.2, -0.15) is 15.4 Å². The predicted molar refractivity (Wildman–Crippen MR) is 71.0 cm³/mol. The standard InChI is InChI=1S/C13H16N4O3/c1-13(20)4-5-17(7-11(13)18)12(19)8-2-3-9-10(6-8)15-16-14-9/h2-3,6,11,18,20H,4-5,7H2,1H3,(H,14,15,16)/t11-,13-/m0/s1. The predicted octanol–water partition coefficient (Wildman–Crippen LogP) is -0.0843. The van der Waals surface area contributed by atoms with Crippen molar-refractivity contribution in [2.24, 2.45) is 0 Å². The molecule has 2 heterocycles. The number of aliphatic hydroxyl groups is 2. The maximum absolute atomic E-state index is 12.4. The number of nitrogens with one attached hydrogen (secondary N) is 1. The SMILES string of the molecule is C[C@]1(O)CCN(C(=O)c2ccc3n[nH]nc3c2)C[C@@H]1O. The second-order valence-electron chi connectivity index (χ2n) is 5.40. The topological polar surface area (TPSA) is 102 Å². The number of hydrogen-bond acceptors (Lipinski definition) is 5. The Morgan fingerprint density at radius 3 is 2.95 bits per heavy atom. The van der Waals surface area contributed by atoms with E-state index < -0.39 is 11.7 Å². The van der Waals surface area contributed by atoms with Crippen molar-refractivity contribution in [3.05, 3.63) is 23.8 Å². The fourth-order valence-electron chi connectivity index (χ4n) is 2.36. The lowest BCUT2D eigenvalue weighted by molar-refractivity contribution is -0.0999. The van der Waals surface area contributed by atoms with Gasteiger partial charge in [-0.15, -0.1) is 0 Å². The molecule has 3 N–H and O–H groups in total. The first-order chi connectivity index (χ1) is 9.47. The molecule has 0 bridgehead atoms. The minimum Gasteiger partial charge on any atom is -0.388 e. The number of piperidine rings is 1. The van der Waals surface area contributed by atoms with Crippen molar-refractivity contribution < 1.29 is 15.0 Å². The molecule has 1 fully saturated rings. The smallest absolute Gasteiger partial charge is 0.254 e. The van der Waals surface area contributed by atoms with Crippen LogP contribution in [0.1, 0.15) is 23.7 Å². The minimum absolute atomic E-state index is 0.128. The van der Waals surface area contributed by atoms with Gasteiger partial charge in [-0.3, -0.25) is 4.79 Å². The van der Waals surface area contributed by atoms with E-state index >= 15 is 0 Å². The number of fused-ring (bicyclic) bond motifs is 1. The van der Waals surface area contributed by atoms with Crippen molar-refractivity contribution in [1.82, 2.24) is 20.3 Å². The molecular weight excluding hydrogens is 260 g/mol. The highest BCUT2D eigenvalue weighted by atomic mass is 16.3. The van der Waals surface area contributed by atoms with Crippen LogP contribution in [0.3, 0.4) is 0 Å². The molecule has 0 radical (unpaired) electrons. The summed E-state index contributed by atoms with van der Waals surface area (Å²) in [6.45, 7) is 2.13. The van der Waals surface area contributed by atoms with Gasteiger partial charge in [-0.25, -0.2) is 0 Å². The number of amides is 1. The zero-order valence-corrected chi connectivity index (χ0v) is 11.1. The molecule has 1 aromatic heterocycles. The normalized spacial score (nSPS) is 26.9. The molecule has 1 aliphatic heterocycles. The van der Waals surface area contributed by atoms with E-state index in [9.17, 15) is 15.0 Å². The van der Waals surface area contributed by atoms with Gasteiger partial charge in [0.2, 0.25) is 0 Å². The second-order valence-corrected chi connectivity index (χ2v) is 5.40. The second kappa shape index (κ2) is 4.53. The molecule has 0 aliphatic carbocycles. The highest BCUT2D eigenvalue weighted by Crippen LogP contribution is 2.23. The summed E-state index contributed by atoms with van der Waals surface area (Å²) in [7, 11) is 0. The molecule has 1 aromatic carbocycles. The van der Waals surface area contributed by atoms with Gasteiger partial charge in [0, 0.05) is 18.7 Å². The van der Waals surface area contributed by atoms with E-state index in [1.54, 1.807) is 30.0 Å². The number of carbonyl (C=O) groups is 1. The molecule has 20 heavy (non-hydrogen) atoms. The van der Waals surface area contributed by atoms with Crippen molar-refractivity contribution >= 4 is 16.9 Å². The van der Waals surface area contributed by atoms with E-state index in [-0.39, 0.29) is 12.5 Å². The molecule has 2 atom stereocenters. The van der Waals surface area contributed by atoms with Crippen molar-refractivity contribution in [1.29, 1.82) is 0 Å². The number of nitrogens with zero attached hydrogens (tertiary/aromatic N) is 3. The van der Waals surface area contributed by atoms with Gasteiger partial charge >= 0.3 is 0 Å². The van der Waals surface area contributed by atoms with Gasteiger partial charge in [0.05, 0.1) is 11.7 Å². The molecule has 106 valence electrons. The van der Waals surface area contributed by atoms with Crippen LogP contribution in [0.2, 0.25) is 0 Å². The lowest BCUT2D eigenvalue weighted by Gasteiger charge is -2.39. The fraction of sp³-hybridized carbons (Fsp3) is 0.462. The number of hydrogen-bond donors (Lipinski definition) is 3. The summed E-state index contributed by atoms with van der Waals surface area (Å²) in [4.78, 5) is 13.9. The monoisotopic (exact) mass is 276 g/mol. The average Bonchev–Trinajstić information content (AvgIpc) is 2.88. The van der Waals surface area contributed by atoms with Crippen LogP contribution in [-0.2, 0) is 0 Å². The molecule has 1 amide bonds. The third-order valence-electron chi connectivity index (χ3n) is 3.85. The number of carbonyl (C=O) groups excluding carboxylic acids is 1. The minimum atomic E-state index is -1.13. The number of likely N-dealkylation sites (tertiary alicyclic amines) is 1. The Morgan fingerprint density at radius 2 is 2.20 bits per heavy atom. The quantitative estimate of drug-likeness (QED) is 0.676. The van der Waals surface area contributed by atoms with Gasteiger partial charge in [0.15, 0.2) is 0 Å². The van der Waals surface area contributed by atoms with Crippen molar-refractivity contribution in [2.75, 3.05) is 13.1 Å². The molecule has 0 spiro atoms. The lowest BCUT2D eigenvalue weighted by atomic mass is 9.90. The third-order valence-corrected chi connectivity index (χ3v) is 3.85. The van der Waals surface area contributed by atoms with E-state index in [0.29, 0.717) is 29.6 Å². The number of aliphatic hydroxyl groups excluding tert-OH is 1. The lowest BCUT2D eigenvalue weighted by Crippen LogP contribution is -2.55. The van der Waals surface area contributed by atoms with Crippen molar-refractivity contribution in [3.8, 4) is 0 Å². The van der Waals surface area contributed by atoms with Crippen molar-refractivity contribution in [2.45, 2.75) is 25.0 Å². The Balaban J connectivity index is 1.82. The highest BCUT2D eigenvalue weighted by molar-refractivity contribution is 5.97. The number of H-pyrrole nitrogens is 1. The first-order valence-electron chi connectivity index (χ1n) is 6.47. The molecule has 1 saturated heterocycles. The van der Waals surface area contributed by atoms with Crippen LogP contribution < -0.4 is 0 Å². The number of aromatic amines is 1. The van der Waals surface area contributed by atoms with Crippen LogP contribution in [0, 0.1) is 0 Å². The van der Waals surface area contributed by atoms with Crippen LogP contribution in [0.15, 0.2) is 18.2 Å². The Morgan fingerprint density at radius 1 is 1.45 bits per heavy atom. The van der Waals surface area contributed by atoms with Crippen LogP contribution in [-0.4, -0.2) is 61.2 Å². The van der Waals surface area contributed by atoms with E-state index in [0.717, 1.165) is 0 Å². The Bertz CT molecular complexity index is 652. The Labute approximate surface area is 115 Å². The maximum Gasteiger partial charge on any atom is 0.254 e. The highest BCUT2D eigenvalue weighted by Gasteiger charge is 2.38. The summed E-state index contributed by atoms with van der Waals surface area (Å²) in [6.07, 6.45) is -0.581. The summed E-state index contributed by atoms with van der Waals surface area (Å²) < 4.78 is 0. The molecule has 3 rings (SSSR count). The molecule has 7 nitrogen and oxygen atoms in total. The van der Waals surface area contributed by atoms with E-state index in [1.807, 2.05) is 0 Å². The summed E-state index contributed by atoms with van der Waals surface area (Å²) in [5.41, 5.74) is 0.691. The summed E-state index contributed by atoms with van der Waals surface area (Å²) in [5.74, 6) is -0.176. The van der Waals surface area contributed by atoms with Gasteiger partial charge in [0.25, 0.3) is 5.91 Å². The van der Waals surface area contributed by atoms with Crippen LogP contribution in [0.25, 0.3) is 11.0 Å². The Kier molecular flexibility index (Phi) is 2.95. The average molecular weight is 276 g/mol. The van der Waals surface area contributed by atoms with Gasteiger partial charge in [0.1, 0.15) is 11.0 Å². The van der Waals surface area contributed by atoms with Crippen LogP contribution in [0.4, 0.5) is 0 Å². The molecular formula is C13H16N4O3. The summed E-state index contributed by atoms with van der Waals surface area (Å²) >= 11 is 0. The Hall–Kier alpha value is -1.99.